The second kappa shape index (κ2) is 6.66. The first-order valence-electron chi connectivity index (χ1n) is 11.1. The van der Waals surface area contributed by atoms with E-state index in [1.165, 1.54) is 44.9 Å². The summed E-state index contributed by atoms with van der Waals surface area (Å²) in [7, 11) is 0. The Hall–Kier alpha value is -0.370. The molecule has 0 aromatic heterocycles. The molecular formula is C23H38O2. The fourth-order valence-corrected chi connectivity index (χ4v) is 7.93. The third-order valence-electron chi connectivity index (χ3n) is 9.03. The maximum Gasteiger partial charge on any atom is 0.133 e. The molecule has 0 amide bonds. The first kappa shape index (κ1) is 18.0. The van der Waals surface area contributed by atoms with Crippen molar-refractivity contribution < 1.29 is 9.90 Å². The van der Waals surface area contributed by atoms with E-state index in [4.69, 9.17) is 0 Å². The number of carbonyl (C=O) groups excluding carboxylic acids is 1. The molecule has 4 fully saturated rings. The Bertz CT molecular complexity index is 510. The van der Waals surface area contributed by atoms with E-state index in [2.05, 4.69) is 13.8 Å². The average Bonchev–Trinajstić information content (AvgIpc) is 2.73. The third-order valence-corrected chi connectivity index (χ3v) is 9.03. The first-order chi connectivity index (χ1) is 11.9. The molecule has 0 bridgehead atoms. The summed E-state index contributed by atoms with van der Waals surface area (Å²) in [6, 6.07) is 0. The van der Waals surface area contributed by atoms with Gasteiger partial charge >= 0.3 is 0 Å². The molecule has 4 saturated carbocycles. The summed E-state index contributed by atoms with van der Waals surface area (Å²) in [6.07, 6.45) is 12.4. The number of rotatable bonds is 1. The van der Waals surface area contributed by atoms with Crippen LogP contribution >= 0.6 is 0 Å². The van der Waals surface area contributed by atoms with E-state index in [1.54, 1.807) is 0 Å². The molecule has 4 rings (SSSR count). The highest BCUT2D eigenvalue weighted by Crippen LogP contribution is 2.59. The van der Waals surface area contributed by atoms with Gasteiger partial charge in [0.05, 0.1) is 5.60 Å². The maximum atomic E-state index is 12.3. The normalized spacial score (nSPS) is 53.1. The van der Waals surface area contributed by atoms with Gasteiger partial charge in [0.1, 0.15) is 5.78 Å². The number of aliphatic hydroxyl groups is 1. The first-order valence-corrected chi connectivity index (χ1v) is 11.1. The topological polar surface area (TPSA) is 37.3 Å². The summed E-state index contributed by atoms with van der Waals surface area (Å²) in [5, 5.41) is 10.6. The van der Waals surface area contributed by atoms with E-state index in [-0.39, 0.29) is 0 Å². The minimum Gasteiger partial charge on any atom is -0.390 e. The fraction of sp³-hybridized carbons (Fsp3) is 0.957. The lowest BCUT2D eigenvalue weighted by molar-refractivity contribution is -0.132. The molecule has 4 aliphatic rings. The van der Waals surface area contributed by atoms with Gasteiger partial charge in [0.15, 0.2) is 0 Å². The zero-order valence-corrected chi connectivity index (χ0v) is 16.5. The Kier molecular flexibility index (Phi) is 4.80. The highest BCUT2D eigenvalue weighted by atomic mass is 16.3. The largest absolute Gasteiger partial charge is 0.390 e. The molecule has 0 spiro atoms. The number of hydrogen-bond acceptors (Lipinski definition) is 2. The highest BCUT2D eigenvalue weighted by molar-refractivity contribution is 5.78. The van der Waals surface area contributed by atoms with Crippen molar-refractivity contribution in [1.29, 1.82) is 0 Å². The van der Waals surface area contributed by atoms with Gasteiger partial charge < -0.3 is 5.11 Å². The number of Topliss-reactive ketones (excluding diaryl/α,β-unsaturated/α-hetero) is 1. The lowest BCUT2D eigenvalue weighted by Gasteiger charge is -2.56. The van der Waals surface area contributed by atoms with Gasteiger partial charge in [0, 0.05) is 5.92 Å². The zero-order chi connectivity index (χ0) is 17.8. The number of fused-ring (bicyclic) bond motifs is 5. The van der Waals surface area contributed by atoms with E-state index < -0.39 is 5.60 Å². The van der Waals surface area contributed by atoms with Crippen molar-refractivity contribution in [3.63, 3.8) is 0 Å². The Balaban J connectivity index is 1.57. The van der Waals surface area contributed by atoms with Gasteiger partial charge in [-0.1, -0.05) is 13.3 Å². The minimum absolute atomic E-state index is 0.349. The monoisotopic (exact) mass is 346 g/mol. The molecule has 9 atom stereocenters. The van der Waals surface area contributed by atoms with E-state index in [0.717, 1.165) is 48.9 Å². The van der Waals surface area contributed by atoms with Crippen LogP contribution in [0.1, 0.15) is 85.0 Å². The lowest BCUT2D eigenvalue weighted by Crippen LogP contribution is -2.50. The summed E-state index contributed by atoms with van der Waals surface area (Å²) < 4.78 is 0. The number of carbonyl (C=O) groups is 1. The van der Waals surface area contributed by atoms with Crippen molar-refractivity contribution in [2.24, 2.45) is 47.3 Å². The van der Waals surface area contributed by atoms with Gasteiger partial charge in [-0.05, 0) is 113 Å². The lowest BCUT2D eigenvalue weighted by atomic mass is 9.48. The van der Waals surface area contributed by atoms with E-state index in [1.807, 2.05) is 6.92 Å². The van der Waals surface area contributed by atoms with Crippen molar-refractivity contribution >= 4 is 5.78 Å². The van der Waals surface area contributed by atoms with Crippen LogP contribution in [0.3, 0.4) is 0 Å². The molecule has 2 nitrogen and oxygen atoms in total. The molecule has 4 aliphatic carbocycles. The van der Waals surface area contributed by atoms with E-state index >= 15 is 0 Å². The molecule has 0 aromatic carbocycles. The van der Waals surface area contributed by atoms with E-state index in [9.17, 15) is 9.90 Å². The third kappa shape index (κ3) is 3.22. The summed E-state index contributed by atoms with van der Waals surface area (Å²) in [4.78, 5) is 12.3. The van der Waals surface area contributed by atoms with Crippen LogP contribution in [0.2, 0.25) is 0 Å². The van der Waals surface area contributed by atoms with Crippen LogP contribution in [0, 0.1) is 47.3 Å². The molecule has 25 heavy (non-hydrogen) atoms. The zero-order valence-electron chi connectivity index (χ0n) is 16.5. The van der Waals surface area contributed by atoms with Gasteiger partial charge in [0.2, 0.25) is 0 Å². The summed E-state index contributed by atoms with van der Waals surface area (Å²) in [5.74, 6) is 6.42. The second-order valence-corrected chi connectivity index (χ2v) is 10.5. The Morgan fingerprint density at radius 1 is 0.920 bits per heavy atom. The van der Waals surface area contributed by atoms with Crippen LogP contribution in [-0.2, 0) is 4.79 Å². The van der Waals surface area contributed by atoms with Crippen LogP contribution in [0.25, 0.3) is 0 Å². The molecule has 0 radical (unpaired) electrons. The van der Waals surface area contributed by atoms with Crippen LogP contribution in [0.15, 0.2) is 0 Å². The van der Waals surface area contributed by atoms with Gasteiger partial charge in [-0.3, -0.25) is 4.79 Å². The molecule has 0 saturated heterocycles. The predicted octanol–water partition coefficient (Wildman–Crippen LogP) is 5.23. The van der Waals surface area contributed by atoms with Crippen molar-refractivity contribution in [3.05, 3.63) is 0 Å². The predicted molar refractivity (Wildman–Crippen MR) is 101 cm³/mol. The molecule has 1 N–H and O–H groups in total. The Morgan fingerprint density at radius 3 is 2.44 bits per heavy atom. The van der Waals surface area contributed by atoms with Crippen molar-refractivity contribution in [2.45, 2.75) is 90.6 Å². The summed E-state index contributed by atoms with van der Waals surface area (Å²) >= 11 is 0. The average molecular weight is 347 g/mol. The Morgan fingerprint density at radius 2 is 1.68 bits per heavy atom. The van der Waals surface area contributed by atoms with E-state index in [0.29, 0.717) is 23.5 Å². The van der Waals surface area contributed by atoms with Crippen molar-refractivity contribution in [1.82, 2.24) is 0 Å². The molecule has 2 heteroatoms. The standard InChI is InChI=1S/C23H38O2/c1-14-13-21-18-10-12-23(3,25)11-9-16(18)7-8-19(21)20-6-4-5-17(15(2)24)22(14)20/h14,16-22,25H,4-13H2,1-3H3/t14?,16-,17?,18+,19+,20+,21-,22-,23+/m1/s1. The number of ketones is 1. The fourth-order valence-electron chi connectivity index (χ4n) is 7.93. The van der Waals surface area contributed by atoms with Crippen LogP contribution in [0.4, 0.5) is 0 Å². The summed E-state index contributed by atoms with van der Waals surface area (Å²) in [5.41, 5.74) is -0.430. The molecular weight excluding hydrogens is 308 g/mol. The van der Waals surface area contributed by atoms with Gasteiger partial charge in [0.25, 0.3) is 0 Å². The minimum atomic E-state index is -0.430. The highest BCUT2D eigenvalue weighted by Gasteiger charge is 2.53. The van der Waals surface area contributed by atoms with Gasteiger partial charge in [-0.2, -0.15) is 0 Å². The van der Waals surface area contributed by atoms with Gasteiger partial charge in [-0.15, -0.1) is 0 Å². The van der Waals surface area contributed by atoms with Crippen molar-refractivity contribution in [2.75, 3.05) is 0 Å². The number of hydrogen-bond donors (Lipinski definition) is 1. The second-order valence-electron chi connectivity index (χ2n) is 10.5. The molecule has 0 aliphatic heterocycles. The van der Waals surface area contributed by atoms with Crippen LogP contribution < -0.4 is 0 Å². The summed E-state index contributed by atoms with van der Waals surface area (Å²) in [6.45, 7) is 6.35. The van der Waals surface area contributed by atoms with Crippen LogP contribution in [0.5, 0.6) is 0 Å². The molecule has 0 heterocycles. The van der Waals surface area contributed by atoms with Gasteiger partial charge in [-0.25, -0.2) is 0 Å². The quantitative estimate of drug-likeness (QED) is 0.706. The molecule has 0 aromatic rings. The van der Waals surface area contributed by atoms with Crippen molar-refractivity contribution in [3.8, 4) is 0 Å². The van der Waals surface area contributed by atoms with Crippen LogP contribution in [-0.4, -0.2) is 16.5 Å². The molecule has 2 unspecified atom stereocenters. The Labute approximate surface area is 154 Å². The maximum absolute atomic E-state index is 12.3. The molecule has 142 valence electrons. The smallest absolute Gasteiger partial charge is 0.133 e. The SMILES string of the molecule is CC(=O)C1CCC[C@@H]2[C@@H]1C(C)C[C@H]1[C@H]2CC[C@@H]2CC[C@](C)(O)CC[C@@H]21.